The Labute approximate surface area is 122 Å². The van der Waals surface area contributed by atoms with Crippen molar-refractivity contribution in [2.75, 3.05) is 0 Å². The van der Waals surface area contributed by atoms with Crippen LogP contribution in [0.4, 0.5) is 0 Å². The van der Waals surface area contributed by atoms with Crippen molar-refractivity contribution < 1.29 is 26.2 Å². The largest absolute Gasteiger partial charge is 2.00 e. The van der Waals surface area contributed by atoms with E-state index in [2.05, 4.69) is 20.4 Å². The number of hydrogen-bond donors (Lipinski definition) is 0. The average Bonchev–Trinajstić information content (AvgIpc) is 2.96. The first-order valence-electron chi connectivity index (χ1n) is 5.40. The quantitative estimate of drug-likeness (QED) is 0.549. The second-order valence-electron chi connectivity index (χ2n) is 3.50. The van der Waals surface area contributed by atoms with E-state index in [4.69, 9.17) is 0 Å². The van der Waals surface area contributed by atoms with Crippen LogP contribution in [-0.4, -0.2) is 9.52 Å². The van der Waals surface area contributed by atoms with Gasteiger partial charge in [0.1, 0.15) is 0 Å². The monoisotopic (exact) mass is 307 g/mol. The van der Waals surface area contributed by atoms with Crippen LogP contribution < -0.4 is 0 Å². The molecular weight excluding hydrogens is 287 g/mol. The van der Waals surface area contributed by atoms with Crippen LogP contribution in [0.5, 0.6) is 0 Å². The Balaban J connectivity index is 0. The van der Waals surface area contributed by atoms with Crippen molar-refractivity contribution in [2.45, 2.75) is 25.9 Å². The molecule has 0 aromatic heterocycles. The average molecular weight is 309 g/mol. The van der Waals surface area contributed by atoms with E-state index in [0.717, 1.165) is 15.1 Å². The summed E-state index contributed by atoms with van der Waals surface area (Å²) in [4.78, 5) is 0. The van der Waals surface area contributed by atoms with Gasteiger partial charge in [0.05, 0.1) is 0 Å². The van der Waals surface area contributed by atoms with Gasteiger partial charge in [0.15, 0.2) is 0 Å². The summed E-state index contributed by atoms with van der Waals surface area (Å²) in [5.74, 6) is 0. The molecule has 0 N–H and O–H groups in total. The van der Waals surface area contributed by atoms with Crippen LogP contribution in [0.3, 0.4) is 0 Å². The molecule has 2 heteroatoms. The van der Waals surface area contributed by atoms with E-state index in [-0.39, 0.29) is 26.2 Å². The van der Waals surface area contributed by atoms with Crippen LogP contribution in [0.25, 0.3) is 0 Å². The first-order valence-corrected chi connectivity index (χ1v) is 7.22. The maximum absolute atomic E-state index is 2.28. The molecule has 0 nitrogen and oxygen atoms in total. The molecule has 0 aliphatic heterocycles. The molecule has 0 heterocycles. The van der Waals surface area contributed by atoms with Crippen LogP contribution in [0, 0.1) is 0 Å². The Bertz CT molecular complexity index is 198. The predicted octanol–water partition coefficient (Wildman–Crippen LogP) is 4.11. The molecule has 0 amide bonds. The molecular formula is C14H21SiZr. The first-order chi connectivity index (χ1) is 7.27. The van der Waals surface area contributed by atoms with Gasteiger partial charge in [-0.05, 0) is 0 Å². The van der Waals surface area contributed by atoms with Gasteiger partial charge in [-0.15, -0.1) is 0 Å². The molecule has 0 spiro atoms. The summed E-state index contributed by atoms with van der Waals surface area (Å²) in [7, 11) is 0.731. The summed E-state index contributed by atoms with van der Waals surface area (Å²) in [5.41, 5.74) is 0.968. The molecule has 85 valence electrons. The van der Waals surface area contributed by atoms with Gasteiger partial charge in [-0.1, -0.05) is 25.9 Å². The Morgan fingerprint density at radius 1 is 0.812 bits per heavy atom. The van der Waals surface area contributed by atoms with Gasteiger partial charge in [-0.2, -0.15) is 36.4 Å². The van der Waals surface area contributed by atoms with E-state index < -0.39 is 0 Å². The Morgan fingerprint density at radius 2 is 1.06 bits per heavy atom. The van der Waals surface area contributed by atoms with E-state index >= 15 is 0 Å². The van der Waals surface area contributed by atoms with Crippen molar-refractivity contribution in [1.82, 2.24) is 0 Å². The fourth-order valence-corrected chi connectivity index (χ4v) is 0.642. The fourth-order valence-electron chi connectivity index (χ4n) is 0.642. The zero-order valence-electron chi connectivity index (χ0n) is 10.4. The minimum atomic E-state index is 0. The van der Waals surface area contributed by atoms with Crippen molar-refractivity contribution in [3.63, 3.8) is 0 Å². The van der Waals surface area contributed by atoms with Crippen LogP contribution >= 0.6 is 0 Å². The smallest absolute Gasteiger partial charge is 0.214 e. The molecule has 2 aromatic rings. The molecule has 16 heavy (non-hydrogen) atoms. The minimum absolute atomic E-state index is 0. The molecule has 0 saturated heterocycles. The van der Waals surface area contributed by atoms with Crippen LogP contribution in [0.2, 0.25) is 12.1 Å². The van der Waals surface area contributed by atoms with Gasteiger partial charge < -0.3 is 0 Å². The van der Waals surface area contributed by atoms with Gasteiger partial charge >= 0.3 is 26.2 Å². The van der Waals surface area contributed by atoms with Crippen molar-refractivity contribution in [3.05, 3.63) is 60.7 Å². The number of hydrogen-bond acceptors (Lipinski definition) is 0. The minimum Gasteiger partial charge on any atom is -0.214 e. The zero-order chi connectivity index (χ0) is 11.4. The maximum atomic E-state index is 2.28. The zero-order valence-corrected chi connectivity index (χ0v) is 14.0. The SMILES string of the molecule is C[SiH]C(C)C.[Zr+2].c1cc[cH-]c1.c1cc[cH-]c1. The molecule has 2 aromatic carbocycles. The third-order valence-electron chi connectivity index (χ3n) is 1.78. The Kier molecular flexibility index (Phi) is 16.8. The van der Waals surface area contributed by atoms with Gasteiger partial charge in [-0.25, -0.2) is 24.3 Å². The summed E-state index contributed by atoms with van der Waals surface area (Å²) in [5, 5.41) is 0. The molecule has 1 radical (unpaired) electrons. The van der Waals surface area contributed by atoms with E-state index in [1.165, 1.54) is 0 Å². The van der Waals surface area contributed by atoms with Crippen molar-refractivity contribution in [2.24, 2.45) is 0 Å². The van der Waals surface area contributed by atoms with Gasteiger partial charge in [0.2, 0.25) is 0 Å². The number of rotatable bonds is 1. The molecule has 0 fully saturated rings. The molecule has 0 saturated carbocycles. The second-order valence-corrected chi connectivity index (χ2v) is 5.50. The maximum Gasteiger partial charge on any atom is 2.00 e. The third-order valence-corrected chi connectivity index (χ3v) is 3.11. The molecule has 0 unspecified atom stereocenters. The standard InChI is InChI=1S/2C5H5.C4H11Si.Zr/c2*1-2-4-5-3-1;1-4(2)5-3;/h2*1-5H;4-5H,1-3H3;/q2*-1;;+2. The van der Waals surface area contributed by atoms with Crippen LogP contribution in [-0.2, 0) is 26.2 Å². The third kappa shape index (κ3) is 16.2. The van der Waals surface area contributed by atoms with Crippen molar-refractivity contribution in [3.8, 4) is 0 Å². The molecule has 0 bridgehead atoms. The van der Waals surface area contributed by atoms with Crippen molar-refractivity contribution in [1.29, 1.82) is 0 Å². The molecule has 2 rings (SSSR count). The van der Waals surface area contributed by atoms with E-state index in [1.54, 1.807) is 0 Å². The molecule has 0 aliphatic carbocycles. The molecule has 0 aliphatic rings. The van der Waals surface area contributed by atoms with Gasteiger partial charge in [0, 0.05) is 9.52 Å². The normalized spacial score (nSPS) is 8.00. The summed E-state index contributed by atoms with van der Waals surface area (Å²) in [6.07, 6.45) is 0. The molecule has 0 atom stereocenters. The second kappa shape index (κ2) is 14.8. The van der Waals surface area contributed by atoms with E-state index in [1.807, 2.05) is 60.7 Å². The van der Waals surface area contributed by atoms with Crippen LogP contribution in [0.1, 0.15) is 13.8 Å². The van der Waals surface area contributed by atoms with E-state index in [9.17, 15) is 0 Å². The van der Waals surface area contributed by atoms with Gasteiger partial charge in [0.25, 0.3) is 0 Å². The topological polar surface area (TPSA) is 0 Å². The Hall–Kier alpha value is -0.200. The van der Waals surface area contributed by atoms with Gasteiger partial charge in [-0.3, -0.25) is 0 Å². The summed E-state index contributed by atoms with van der Waals surface area (Å²) >= 11 is 0. The summed E-state index contributed by atoms with van der Waals surface area (Å²) < 4.78 is 0. The summed E-state index contributed by atoms with van der Waals surface area (Å²) in [6.45, 7) is 6.80. The fraction of sp³-hybridized carbons (Fsp3) is 0.286. The predicted molar refractivity (Wildman–Crippen MR) is 72.2 cm³/mol. The van der Waals surface area contributed by atoms with Crippen molar-refractivity contribution >= 4 is 9.52 Å². The van der Waals surface area contributed by atoms with Crippen LogP contribution in [0.15, 0.2) is 60.7 Å². The van der Waals surface area contributed by atoms with E-state index in [0.29, 0.717) is 0 Å². The summed E-state index contributed by atoms with van der Waals surface area (Å²) in [6, 6.07) is 20.0. The first kappa shape index (κ1) is 18.2. The Morgan fingerprint density at radius 3 is 1.12 bits per heavy atom.